The fourth-order valence-electron chi connectivity index (χ4n) is 3.73. The molecule has 0 spiro atoms. The number of carbonyl (C=O) groups excluding carboxylic acids is 2. The Balaban J connectivity index is 1.40. The minimum Gasteiger partial charge on any atom is -0.339 e. The van der Waals surface area contributed by atoms with Crippen LogP contribution in [0.2, 0.25) is 0 Å². The molecule has 1 fully saturated rings. The number of aromatic nitrogens is 1. The first-order chi connectivity index (χ1) is 13.6. The van der Waals surface area contributed by atoms with Gasteiger partial charge in [0.15, 0.2) is 5.13 Å². The fraction of sp³-hybridized carbons (Fsp3) is 0.318. The van der Waals surface area contributed by atoms with Crippen molar-refractivity contribution < 1.29 is 9.59 Å². The van der Waals surface area contributed by atoms with Crippen LogP contribution in [-0.2, 0) is 11.2 Å². The molecular weight excluding hydrogens is 370 g/mol. The zero-order chi connectivity index (χ0) is 19.5. The van der Waals surface area contributed by atoms with Gasteiger partial charge in [-0.05, 0) is 48.9 Å². The number of rotatable bonds is 4. The summed E-state index contributed by atoms with van der Waals surface area (Å²) in [5.74, 6) is 0.568. The van der Waals surface area contributed by atoms with Crippen molar-refractivity contribution in [2.45, 2.75) is 26.2 Å². The van der Waals surface area contributed by atoms with Crippen molar-refractivity contribution in [2.75, 3.05) is 18.4 Å². The lowest BCUT2D eigenvalue weighted by Crippen LogP contribution is -2.38. The molecule has 0 saturated carbocycles. The highest BCUT2D eigenvalue weighted by molar-refractivity contribution is 7.22. The summed E-state index contributed by atoms with van der Waals surface area (Å²) in [6, 6.07) is 16.1. The Bertz CT molecular complexity index is 991. The molecule has 28 heavy (non-hydrogen) atoms. The van der Waals surface area contributed by atoms with Crippen LogP contribution in [0.5, 0.6) is 0 Å². The van der Waals surface area contributed by atoms with Gasteiger partial charge in [0.2, 0.25) is 5.91 Å². The number of fused-ring (bicyclic) bond motifs is 1. The maximum atomic E-state index is 12.9. The molecule has 1 aliphatic rings. The molecule has 3 aromatic rings. The van der Waals surface area contributed by atoms with Crippen molar-refractivity contribution in [1.29, 1.82) is 0 Å². The Labute approximate surface area is 168 Å². The van der Waals surface area contributed by atoms with Crippen molar-refractivity contribution in [3.8, 4) is 0 Å². The first-order valence-electron chi connectivity index (χ1n) is 9.60. The molecule has 2 amide bonds. The van der Waals surface area contributed by atoms with E-state index in [1.807, 2.05) is 29.2 Å². The van der Waals surface area contributed by atoms with Crippen LogP contribution in [0.3, 0.4) is 0 Å². The first kappa shape index (κ1) is 18.6. The number of hydrogen-bond donors (Lipinski definition) is 1. The SMILES string of the molecule is CC(=O)Nc1nc2ccc(C(=O)N3CCC(Cc4ccccc4)CC3)cc2s1. The molecule has 5 nitrogen and oxygen atoms in total. The number of amides is 2. The molecule has 0 radical (unpaired) electrons. The molecule has 144 valence electrons. The maximum absolute atomic E-state index is 12.9. The molecule has 1 saturated heterocycles. The van der Waals surface area contributed by atoms with Gasteiger partial charge in [-0.2, -0.15) is 0 Å². The Hall–Kier alpha value is -2.73. The zero-order valence-electron chi connectivity index (χ0n) is 15.9. The van der Waals surface area contributed by atoms with Crippen molar-refractivity contribution >= 4 is 38.5 Å². The Morgan fingerprint density at radius 2 is 1.89 bits per heavy atom. The second-order valence-corrected chi connectivity index (χ2v) is 8.34. The second-order valence-electron chi connectivity index (χ2n) is 7.31. The minimum atomic E-state index is -0.145. The summed E-state index contributed by atoms with van der Waals surface area (Å²) in [5, 5.41) is 3.27. The van der Waals surface area contributed by atoms with Crippen LogP contribution in [0, 0.1) is 5.92 Å². The summed E-state index contributed by atoms with van der Waals surface area (Å²) >= 11 is 1.39. The van der Waals surface area contributed by atoms with Crippen molar-refractivity contribution in [3.05, 3.63) is 59.7 Å². The van der Waals surface area contributed by atoms with Crippen molar-refractivity contribution in [3.63, 3.8) is 0 Å². The summed E-state index contributed by atoms with van der Waals surface area (Å²) in [7, 11) is 0. The van der Waals surface area contributed by atoms with Gasteiger partial charge in [-0.1, -0.05) is 41.7 Å². The van der Waals surface area contributed by atoms with Gasteiger partial charge < -0.3 is 10.2 Å². The predicted octanol–water partition coefficient (Wildman–Crippen LogP) is 4.35. The molecule has 0 bridgehead atoms. The summed E-state index contributed by atoms with van der Waals surface area (Å²) in [6.07, 6.45) is 3.16. The van der Waals surface area contributed by atoms with E-state index < -0.39 is 0 Å². The third kappa shape index (κ3) is 4.22. The maximum Gasteiger partial charge on any atom is 0.253 e. The quantitative estimate of drug-likeness (QED) is 0.717. The first-order valence-corrected chi connectivity index (χ1v) is 10.4. The highest BCUT2D eigenvalue weighted by Gasteiger charge is 2.24. The van der Waals surface area contributed by atoms with E-state index in [1.165, 1.54) is 23.8 Å². The molecule has 2 heterocycles. The van der Waals surface area contributed by atoms with Crippen molar-refractivity contribution in [2.24, 2.45) is 5.92 Å². The van der Waals surface area contributed by atoms with E-state index in [-0.39, 0.29) is 11.8 Å². The van der Waals surface area contributed by atoms with E-state index in [0.29, 0.717) is 16.6 Å². The normalized spacial score (nSPS) is 15.0. The summed E-state index contributed by atoms with van der Waals surface area (Å²) in [6.45, 7) is 3.06. The van der Waals surface area contributed by atoms with Crippen LogP contribution in [0.1, 0.15) is 35.7 Å². The van der Waals surface area contributed by atoms with Crippen LogP contribution < -0.4 is 5.32 Å². The largest absolute Gasteiger partial charge is 0.339 e. The average Bonchev–Trinajstić information content (AvgIpc) is 3.09. The van der Waals surface area contributed by atoms with E-state index in [0.717, 1.165) is 42.6 Å². The summed E-state index contributed by atoms with van der Waals surface area (Å²) in [5.41, 5.74) is 2.86. The molecule has 1 aromatic heterocycles. The van der Waals surface area contributed by atoms with Crippen LogP contribution in [-0.4, -0.2) is 34.8 Å². The Kier molecular flexibility index (Phi) is 5.39. The predicted molar refractivity (Wildman–Crippen MR) is 113 cm³/mol. The van der Waals surface area contributed by atoms with E-state index in [4.69, 9.17) is 0 Å². The smallest absolute Gasteiger partial charge is 0.253 e. The monoisotopic (exact) mass is 393 g/mol. The van der Waals surface area contributed by atoms with E-state index >= 15 is 0 Å². The number of hydrogen-bond acceptors (Lipinski definition) is 4. The molecule has 1 N–H and O–H groups in total. The van der Waals surface area contributed by atoms with Gasteiger partial charge >= 0.3 is 0 Å². The number of benzene rings is 2. The van der Waals surface area contributed by atoms with Crippen LogP contribution in [0.15, 0.2) is 48.5 Å². The Morgan fingerprint density at radius 1 is 1.14 bits per heavy atom. The molecule has 4 rings (SSSR count). The van der Waals surface area contributed by atoms with Gasteiger partial charge in [-0.25, -0.2) is 4.98 Å². The van der Waals surface area contributed by atoms with Gasteiger partial charge in [-0.3, -0.25) is 9.59 Å². The minimum absolute atomic E-state index is 0.0783. The lowest BCUT2D eigenvalue weighted by atomic mass is 9.90. The molecule has 6 heteroatoms. The van der Waals surface area contributed by atoms with Crippen LogP contribution >= 0.6 is 11.3 Å². The zero-order valence-corrected chi connectivity index (χ0v) is 16.7. The van der Waals surface area contributed by atoms with Crippen LogP contribution in [0.4, 0.5) is 5.13 Å². The molecular formula is C22H23N3O2S. The highest BCUT2D eigenvalue weighted by atomic mass is 32.1. The molecule has 0 atom stereocenters. The van der Waals surface area contributed by atoms with Gasteiger partial charge in [-0.15, -0.1) is 0 Å². The topological polar surface area (TPSA) is 62.3 Å². The third-order valence-corrected chi connectivity index (χ3v) is 6.12. The standard InChI is InChI=1S/C22H23N3O2S/c1-15(26)23-22-24-19-8-7-18(14-20(19)28-22)21(27)25-11-9-17(10-12-25)13-16-5-3-2-4-6-16/h2-8,14,17H,9-13H2,1H3,(H,23,24,26). The van der Waals surface area contributed by atoms with Crippen molar-refractivity contribution in [1.82, 2.24) is 9.88 Å². The number of likely N-dealkylation sites (tertiary alicyclic amines) is 1. The molecule has 0 unspecified atom stereocenters. The summed E-state index contributed by atoms with van der Waals surface area (Å²) < 4.78 is 0.911. The second kappa shape index (κ2) is 8.10. The van der Waals surface area contributed by atoms with E-state index in [2.05, 4.69) is 34.6 Å². The van der Waals surface area contributed by atoms with Gasteiger partial charge in [0.1, 0.15) is 0 Å². The average molecular weight is 394 g/mol. The number of nitrogens with one attached hydrogen (secondary N) is 1. The number of nitrogens with zero attached hydrogens (tertiary/aromatic N) is 2. The lowest BCUT2D eigenvalue weighted by molar-refractivity contribution is -0.114. The van der Waals surface area contributed by atoms with E-state index in [1.54, 1.807) is 0 Å². The number of anilines is 1. The third-order valence-electron chi connectivity index (χ3n) is 5.19. The number of thiazole rings is 1. The summed E-state index contributed by atoms with van der Waals surface area (Å²) in [4.78, 5) is 30.5. The number of piperidine rings is 1. The molecule has 0 aliphatic carbocycles. The number of carbonyl (C=O) groups is 2. The van der Waals surface area contributed by atoms with E-state index in [9.17, 15) is 9.59 Å². The molecule has 2 aromatic carbocycles. The molecule has 1 aliphatic heterocycles. The van der Waals surface area contributed by atoms with Crippen LogP contribution in [0.25, 0.3) is 10.2 Å². The van der Waals surface area contributed by atoms with Gasteiger partial charge in [0, 0.05) is 25.6 Å². The van der Waals surface area contributed by atoms with Gasteiger partial charge in [0.05, 0.1) is 10.2 Å². The lowest BCUT2D eigenvalue weighted by Gasteiger charge is -2.32. The Morgan fingerprint density at radius 3 is 2.61 bits per heavy atom. The van der Waals surface area contributed by atoms with Gasteiger partial charge in [0.25, 0.3) is 5.91 Å². The fourth-order valence-corrected chi connectivity index (χ4v) is 4.68. The highest BCUT2D eigenvalue weighted by Crippen LogP contribution is 2.28.